The Morgan fingerprint density at radius 2 is 2.05 bits per heavy atom. The normalized spacial score (nSPS) is 18.6. The Bertz CT molecular complexity index is 476. The van der Waals surface area contributed by atoms with Gasteiger partial charge in [-0.15, -0.1) is 0 Å². The molecule has 5 heteroatoms. The summed E-state index contributed by atoms with van der Waals surface area (Å²) in [6, 6.07) is 7.28. The van der Waals surface area contributed by atoms with Gasteiger partial charge in [-0.2, -0.15) is 0 Å². The first kappa shape index (κ1) is 13.9. The van der Waals surface area contributed by atoms with Crippen LogP contribution in [-0.4, -0.2) is 21.5 Å². The van der Waals surface area contributed by atoms with E-state index in [1.54, 1.807) is 12.1 Å². The van der Waals surface area contributed by atoms with E-state index < -0.39 is 0 Å². The third kappa shape index (κ3) is 4.28. The number of carbonyl (C=O) groups is 2. The first-order valence-corrected chi connectivity index (χ1v) is 7.32. The Morgan fingerprint density at radius 1 is 1.21 bits per heavy atom. The van der Waals surface area contributed by atoms with Crippen LogP contribution in [0.15, 0.2) is 24.3 Å². The maximum absolute atomic E-state index is 11.3. The maximum Gasteiger partial charge on any atom is 0.286 e. The van der Waals surface area contributed by atoms with Gasteiger partial charge in [0, 0.05) is 0 Å². The summed E-state index contributed by atoms with van der Waals surface area (Å²) < 4.78 is 0. The first-order chi connectivity index (χ1) is 9.15. The number of rotatable bonds is 6. The lowest BCUT2D eigenvalue weighted by Gasteiger charge is -2.05. The standard InChI is InChI=1S/C14H17NO3S/c16-11-7-4-6-10(9-11)5-2-1-3-8-12-13(17)15-14(18)19-12/h4,6-7,9,12,16H,1-3,5,8H2,(H,15,17,18). The van der Waals surface area contributed by atoms with Crippen molar-refractivity contribution in [2.24, 2.45) is 0 Å². The summed E-state index contributed by atoms with van der Waals surface area (Å²) in [7, 11) is 0. The number of carbonyl (C=O) groups excluding carboxylic acids is 2. The Kier molecular flexibility index (Phi) is 4.85. The summed E-state index contributed by atoms with van der Waals surface area (Å²) in [5.74, 6) is 0.151. The van der Waals surface area contributed by atoms with Gasteiger partial charge in [0.05, 0.1) is 5.25 Å². The molecule has 0 saturated carbocycles. The van der Waals surface area contributed by atoms with Crippen molar-refractivity contribution in [3.05, 3.63) is 29.8 Å². The highest BCUT2D eigenvalue weighted by molar-refractivity contribution is 8.15. The summed E-state index contributed by atoms with van der Waals surface area (Å²) in [6.07, 6.45) is 4.67. The van der Waals surface area contributed by atoms with Crippen molar-refractivity contribution in [2.45, 2.75) is 37.4 Å². The van der Waals surface area contributed by atoms with Crippen molar-refractivity contribution in [1.29, 1.82) is 0 Å². The lowest BCUT2D eigenvalue weighted by atomic mass is 10.1. The Balaban J connectivity index is 1.62. The zero-order valence-corrected chi connectivity index (χ0v) is 11.4. The van der Waals surface area contributed by atoms with Gasteiger partial charge in [-0.05, 0) is 37.0 Å². The molecule has 2 N–H and O–H groups in total. The zero-order chi connectivity index (χ0) is 13.7. The van der Waals surface area contributed by atoms with E-state index in [2.05, 4.69) is 5.32 Å². The third-order valence-corrected chi connectivity index (χ3v) is 4.16. The van der Waals surface area contributed by atoms with E-state index >= 15 is 0 Å². The molecule has 0 spiro atoms. The van der Waals surface area contributed by atoms with E-state index in [4.69, 9.17) is 0 Å². The predicted molar refractivity (Wildman–Crippen MR) is 75.2 cm³/mol. The fourth-order valence-electron chi connectivity index (χ4n) is 2.13. The minimum absolute atomic E-state index is 0.150. The van der Waals surface area contributed by atoms with Gasteiger partial charge in [0.25, 0.3) is 5.24 Å². The van der Waals surface area contributed by atoms with Crippen molar-refractivity contribution < 1.29 is 14.7 Å². The highest BCUT2D eigenvalue weighted by Crippen LogP contribution is 2.24. The number of amides is 2. The molecule has 1 saturated heterocycles. The fraction of sp³-hybridized carbons (Fsp3) is 0.429. The number of phenolic OH excluding ortho intramolecular Hbond substituents is 1. The molecule has 0 aromatic heterocycles. The van der Waals surface area contributed by atoms with Gasteiger partial charge in [-0.25, -0.2) is 0 Å². The van der Waals surface area contributed by atoms with E-state index in [1.807, 2.05) is 12.1 Å². The summed E-state index contributed by atoms with van der Waals surface area (Å²) in [5, 5.41) is 11.2. The fourth-order valence-corrected chi connectivity index (χ4v) is 3.00. The van der Waals surface area contributed by atoms with E-state index in [-0.39, 0.29) is 16.4 Å². The quantitative estimate of drug-likeness (QED) is 0.786. The molecular weight excluding hydrogens is 262 g/mol. The summed E-state index contributed by atoms with van der Waals surface area (Å²) >= 11 is 1.10. The van der Waals surface area contributed by atoms with E-state index in [0.717, 1.165) is 49.4 Å². The van der Waals surface area contributed by atoms with Crippen molar-refractivity contribution >= 4 is 22.9 Å². The smallest absolute Gasteiger partial charge is 0.286 e. The Morgan fingerprint density at radius 3 is 2.74 bits per heavy atom. The second-order valence-corrected chi connectivity index (χ2v) is 5.83. The van der Waals surface area contributed by atoms with Crippen LogP contribution in [0.5, 0.6) is 5.75 Å². The van der Waals surface area contributed by atoms with Gasteiger partial charge in [0.1, 0.15) is 5.75 Å². The molecular formula is C14H17NO3S. The molecule has 1 aliphatic heterocycles. The number of imide groups is 1. The van der Waals surface area contributed by atoms with Crippen molar-refractivity contribution in [3.8, 4) is 5.75 Å². The van der Waals surface area contributed by atoms with E-state index in [0.29, 0.717) is 5.75 Å². The summed E-state index contributed by atoms with van der Waals surface area (Å²) in [6.45, 7) is 0. The zero-order valence-electron chi connectivity index (χ0n) is 10.6. The topological polar surface area (TPSA) is 66.4 Å². The average Bonchev–Trinajstić information content (AvgIpc) is 2.68. The van der Waals surface area contributed by atoms with Crippen molar-refractivity contribution in [3.63, 3.8) is 0 Å². The summed E-state index contributed by atoms with van der Waals surface area (Å²) in [5.41, 5.74) is 1.13. The molecule has 1 aromatic carbocycles. The number of aryl methyl sites for hydroxylation is 1. The molecule has 1 aromatic rings. The number of thioether (sulfide) groups is 1. The van der Waals surface area contributed by atoms with Crippen LogP contribution in [0.2, 0.25) is 0 Å². The van der Waals surface area contributed by atoms with Gasteiger partial charge in [0.2, 0.25) is 5.91 Å². The number of unbranched alkanes of at least 4 members (excludes halogenated alkanes) is 2. The van der Waals surface area contributed by atoms with Crippen LogP contribution >= 0.6 is 11.8 Å². The number of hydrogen-bond acceptors (Lipinski definition) is 4. The number of nitrogens with one attached hydrogen (secondary N) is 1. The monoisotopic (exact) mass is 279 g/mol. The molecule has 4 nitrogen and oxygen atoms in total. The molecule has 0 bridgehead atoms. The molecule has 102 valence electrons. The highest BCUT2D eigenvalue weighted by Gasteiger charge is 2.30. The molecule has 0 radical (unpaired) electrons. The molecule has 2 rings (SSSR count). The lowest BCUT2D eigenvalue weighted by Crippen LogP contribution is -2.24. The molecule has 19 heavy (non-hydrogen) atoms. The van der Waals surface area contributed by atoms with Crippen LogP contribution in [-0.2, 0) is 11.2 Å². The SMILES string of the molecule is O=C1NC(=O)C(CCCCCc2cccc(O)c2)S1. The molecule has 1 heterocycles. The molecule has 1 aliphatic rings. The first-order valence-electron chi connectivity index (χ1n) is 6.44. The van der Waals surface area contributed by atoms with Crippen LogP contribution in [0.1, 0.15) is 31.2 Å². The van der Waals surface area contributed by atoms with Crippen LogP contribution in [0.4, 0.5) is 4.79 Å². The van der Waals surface area contributed by atoms with Gasteiger partial charge in [-0.3, -0.25) is 14.9 Å². The predicted octanol–water partition coefficient (Wildman–Crippen LogP) is 2.85. The maximum atomic E-state index is 11.3. The van der Waals surface area contributed by atoms with Crippen LogP contribution in [0.25, 0.3) is 0 Å². The third-order valence-electron chi connectivity index (χ3n) is 3.11. The molecule has 1 unspecified atom stereocenters. The highest BCUT2D eigenvalue weighted by atomic mass is 32.2. The van der Waals surface area contributed by atoms with Gasteiger partial charge in [0.15, 0.2) is 0 Å². The van der Waals surface area contributed by atoms with E-state index in [1.165, 1.54) is 0 Å². The molecule has 0 aliphatic carbocycles. The van der Waals surface area contributed by atoms with Gasteiger partial charge in [-0.1, -0.05) is 36.7 Å². The van der Waals surface area contributed by atoms with Gasteiger partial charge >= 0.3 is 0 Å². The van der Waals surface area contributed by atoms with Crippen molar-refractivity contribution in [2.75, 3.05) is 0 Å². The minimum Gasteiger partial charge on any atom is -0.508 e. The van der Waals surface area contributed by atoms with Crippen molar-refractivity contribution in [1.82, 2.24) is 5.32 Å². The van der Waals surface area contributed by atoms with E-state index in [9.17, 15) is 14.7 Å². The van der Waals surface area contributed by atoms with Crippen LogP contribution in [0.3, 0.4) is 0 Å². The lowest BCUT2D eigenvalue weighted by molar-refractivity contribution is -0.119. The molecule has 1 fully saturated rings. The largest absolute Gasteiger partial charge is 0.508 e. The second kappa shape index (κ2) is 6.61. The summed E-state index contributed by atoms with van der Waals surface area (Å²) in [4.78, 5) is 22.3. The van der Waals surface area contributed by atoms with Gasteiger partial charge < -0.3 is 5.11 Å². The van der Waals surface area contributed by atoms with Crippen LogP contribution < -0.4 is 5.32 Å². The number of aromatic hydroxyl groups is 1. The number of hydrogen-bond donors (Lipinski definition) is 2. The molecule has 2 amide bonds. The second-order valence-electron chi connectivity index (χ2n) is 4.65. The molecule has 1 atom stereocenters. The Labute approximate surface area is 116 Å². The average molecular weight is 279 g/mol. The number of benzene rings is 1. The number of phenols is 1. The minimum atomic E-state index is -0.227. The van der Waals surface area contributed by atoms with Crippen LogP contribution in [0, 0.1) is 0 Å². The Hall–Kier alpha value is -1.49.